The Morgan fingerprint density at radius 3 is 2.20 bits per heavy atom. The van der Waals surface area contributed by atoms with Crippen molar-refractivity contribution in [2.24, 2.45) is 5.73 Å². The SMILES string of the molecule is NC(Cl)c1ccc(Br)cc1. The van der Waals surface area contributed by atoms with E-state index in [0.717, 1.165) is 10.0 Å². The van der Waals surface area contributed by atoms with Gasteiger partial charge >= 0.3 is 0 Å². The molecule has 0 amide bonds. The van der Waals surface area contributed by atoms with Gasteiger partial charge in [0.15, 0.2) is 0 Å². The molecule has 54 valence electrons. The van der Waals surface area contributed by atoms with E-state index in [-0.39, 0.29) is 0 Å². The van der Waals surface area contributed by atoms with E-state index in [1.807, 2.05) is 24.3 Å². The monoisotopic (exact) mass is 219 g/mol. The number of alkyl halides is 1. The molecule has 2 N–H and O–H groups in total. The van der Waals surface area contributed by atoms with Gasteiger partial charge in [-0.2, -0.15) is 0 Å². The van der Waals surface area contributed by atoms with E-state index in [1.165, 1.54) is 0 Å². The highest BCUT2D eigenvalue weighted by Gasteiger charge is 1.98. The normalized spacial score (nSPS) is 13.1. The van der Waals surface area contributed by atoms with Crippen LogP contribution in [-0.4, -0.2) is 0 Å². The van der Waals surface area contributed by atoms with Crippen molar-refractivity contribution in [3.8, 4) is 0 Å². The molecule has 3 heteroatoms. The summed E-state index contributed by atoms with van der Waals surface area (Å²) >= 11 is 8.93. The van der Waals surface area contributed by atoms with Crippen molar-refractivity contribution in [3.63, 3.8) is 0 Å². The van der Waals surface area contributed by atoms with E-state index in [4.69, 9.17) is 17.3 Å². The number of nitrogens with two attached hydrogens (primary N) is 1. The quantitative estimate of drug-likeness (QED) is 0.571. The Hall–Kier alpha value is -0.0500. The van der Waals surface area contributed by atoms with E-state index in [9.17, 15) is 0 Å². The Balaban J connectivity index is 2.89. The molecular formula is C7H7BrClN. The van der Waals surface area contributed by atoms with Gasteiger partial charge in [-0.25, -0.2) is 0 Å². The summed E-state index contributed by atoms with van der Waals surface area (Å²) in [5.41, 5.74) is 5.95. The molecule has 0 fully saturated rings. The van der Waals surface area contributed by atoms with E-state index in [2.05, 4.69) is 15.9 Å². The zero-order valence-corrected chi connectivity index (χ0v) is 7.56. The van der Waals surface area contributed by atoms with Crippen LogP contribution in [0.3, 0.4) is 0 Å². The van der Waals surface area contributed by atoms with Gasteiger partial charge in [-0.15, -0.1) is 11.6 Å². The fraction of sp³-hybridized carbons (Fsp3) is 0.143. The van der Waals surface area contributed by atoms with Crippen molar-refractivity contribution < 1.29 is 0 Å². The van der Waals surface area contributed by atoms with Crippen molar-refractivity contribution in [1.82, 2.24) is 0 Å². The third-order valence-corrected chi connectivity index (χ3v) is 1.97. The first-order valence-corrected chi connectivity index (χ1v) is 4.08. The molecule has 0 aliphatic heterocycles. The summed E-state index contributed by atoms with van der Waals surface area (Å²) in [6.45, 7) is 0. The van der Waals surface area contributed by atoms with Crippen LogP contribution in [0, 0.1) is 0 Å². The molecule has 0 heterocycles. The van der Waals surface area contributed by atoms with E-state index < -0.39 is 5.50 Å². The first kappa shape index (κ1) is 8.05. The first-order valence-electron chi connectivity index (χ1n) is 2.85. The average molecular weight is 220 g/mol. The molecule has 1 unspecified atom stereocenters. The highest BCUT2D eigenvalue weighted by molar-refractivity contribution is 9.10. The largest absolute Gasteiger partial charge is 0.312 e. The van der Waals surface area contributed by atoms with Crippen LogP contribution in [0.15, 0.2) is 28.7 Å². The van der Waals surface area contributed by atoms with Gasteiger partial charge in [0.05, 0.1) is 0 Å². The maximum absolute atomic E-state index is 5.62. The highest BCUT2D eigenvalue weighted by atomic mass is 79.9. The number of benzene rings is 1. The summed E-state index contributed by atoms with van der Waals surface area (Å²) < 4.78 is 1.04. The second-order valence-electron chi connectivity index (χ2n) is 1.95. The Bertz CT molecular complexity index is 207. The van der Waals surface area contributed by atoms with Crippen LogP contribution in [0.1, 0.15) is 11.1 Å². The molecule has 0 aliphatic carbocycles. The van der Waals surface area contributed by atoms with Gasteiger partial charge in [-0.1, -0.05) is 28.1 Å². The molecule has 10 heavy (non-hydrogen) atoms. The summed E-state index contributed by atoms with van der Waals surface area (Å²) in [5, 5.41) is 0. The average Bonchev–Trinajstić information content (AvgIpc) is 1.88. The zero-order chi connectivity index (χ0) is 7.56. The maximum atomic E-state index is 5.62. The number of hydrogen-bond donors (Lipinski definition) is 1. The van der Waals surface area contributed by atoms with Crippen LogP contribution < -0.4 is 5.73 Å². The van der Waals surface area contributed by atoms with Gasteiger partial charge in [0.2, 0.25) is 0 Å². The van der Waals surface area contributed by atoms with Crippen molar-refractivity contribution in [3.05, 3.63) is 34.3 Å². The van der Waals surface area contributed by atoms with Crippen LogP contribution in [0.4, 0.5) is 0 Å². The van der Waals surface area contributed by atoms with E-state index >= 15 is 0 Å². The highest BCUT2D eigenvalue weighted by Crippen LogP contribution is 2.17. The topological polar surface area (TPSA) is 26.0 Å². The fourth-order valence-electron chi connectivity index (χ4n) is 0.647. The van der Waals surface area contributed by atoms with Crippen LogP contribution in [0.2, 0.25) is 0 Å². The summed E-state index contributed by atoms with van der Waals surface area (Å²) in [6.07, 6.45) is 0. The molecule has 0 saturated carbocycles. The van der Waals surface area contributed by atoms with Gasteiger partial charge in [0.1, 0.15) is 5.50 Å². The predicted molar refractivity (Wildman–Crippen MR) is 46.9 cm³/mol. The third-order valence-electron chi connectivity index (χ3n) is 1.19. The molecular weight excluding hydrogens is 213 g/mol. The number of hydrogen-bond acceptors (Lipinski definition) is 1. The fourth-order valence-corrected chi connectivity index (χ4v) is 1.06. The summed E-state index contributed by atoms with van der Waals surface area (Å²) in [6, 6.07) is 7.61. The van der Waals surface area contributed by atoms with Crippen molar-refractivity contribution >= 4 is 27.5 Å². The third kappa shape index (κ3) is 1.97. The first-order chi connectivity index (χ1) is 4.70. The van der Waals surface area contributed by atoms with E-state index in [1.54, 1.807) is 0 Å². The molecule has 1 rings (SSSR count). The minimum absolute atomic E-state index is 0.395. The van der Waals surface area contributed by atoms with Gasteiger partial charge in [-0.05, 0) is 17.7 Å². The smallest absolute Gasteiger partial charge is 0.106 e. The van der Waals surface area contributed by atoms with Crippen molar-refractivity contribution in [1.29, 1.82) is 0 Å². The molecule has 1 aromatic rings. The predicted octanol–water partition coefficient (Wildman–Crippen LogP) is 2.65. The molecule has 0 bridgehead atoms. The molecule has 0 spiro atoms. The summed E-state index contributed by atoms with van der Waals surface area (Å²) in [7, 11) is 0. The lowest BCUT2D eigenvalue weighted by Gasteiger charge is -2.01. The van der Waals surface area contributed by atoms with Gasteiger partial charge in [-0.3, -0.25) is 0 Å². The van der Waals surface area contributed by atoms with Crippen LogP contribution >= 0.6 is 27.5 Å². The van der Waals surface area contributed by atoms with Crippen molar-refractivity contribution in [2.45, 2.75) is 5.50 Å². The van der Waals surface area contributed by atoms with E-state index in [0.29, 0.717) is 0 Å². The molecule has 1 atom stereocenters. The van der Waals surface area contributed by atoms with Crippen LogP contribution in [0.5, 0.6) is 0 Å². The molecule has 1 nitrogen and oxygen atoms in total. The Morgan fingerprint density at radius 2 is 1.80 bits per heavy atom. The van der Waals surface area contributed by atoms with Crippen LogP contribution in [0.25, 0.3) is 0 Å². The number of halogens is 2. The van der Waals surface area contributed by atoms with Gasteiger partial charge < -0.3 is 5.73 Å². The lowest BCUT2D eigenvalue weighted by molar-refractivity contribution is 1.02. The Kier molecular flexibility index (Phi) is 2.72. The van der Waals surface area contributed by atoms with Gasteiger partial charge in [0, 0.05) is 4.47 Å². The van der Waals surface area contributed by atoms with Gasteiger partial charge in [0.25, 0.3) is 0 Å². The minimum atomic E-state index is -0.395. The minimum Gasteiger partial charge on any atom is -0.312 e. The summed E-state index contributed by atoms with van der Waals surface area (Å²) in [5.74, 6) is 0. The molecule has 0 aromatic heterocycles. The maximum Gasteiger partial charge on any atom is 0.106 e. The Morgan fingerprint density at radius 1 is 1.30 bits per heavy atom. The second kappa shape index (κ2) is 3.37. The number of rotatable bonds is 1. The lowest BCUT2D eigenvalue weighted by Crippen LogP contribution is -2.00. The standard InChI is InChI=1S/C7H7BrClN/c8-6-3-1-5(2-4-6)7(9)10/h1-4,7H,10H2. The molecule has 1 aromatic carbocycles. The molecule has 0 aliphatic rings. The molecule has 0 saturated heterocycles. The lowest BCUT2D eigenvalue weighted by atomic mass is 10.2. The second-order valence-corrected chi connectivity index (χ2v) is 3.34. The Labute approximate surface area is 73.3 Å². The summed E-state index contributed by atoms with van der Waals surface area (Å²) in [4.78, 5) is 0. The van der Waals surface area contributed by atoms with Crippen molar-refractivity contribution in [2.75, 3.05) is 0 Å². The van der Waals surface area contributed by atoms with Crippen LogP contribution in [-0.2, 0) is 0 Å². The zero-order valence-electron chi connectivity index (χ0n) is 5.22. The molecule has 0 radical (unpaired) electrons.